The van der Waals surface area contributed by atoms with Gasteiger partial charge in [-0.3, -0.25) is 4.98 Å². The summed E-state index contributed by atoms with van der Waals surface area (Å²) in [5.41, 5.74) is 0. The molecule has 2 rings (SSSR count). The zero-order chi connectivity index (χ0) is 8.93. The summed E-state index contributed by atoms with van der Waals surface area (Å²) in [6.45, 7) is 2.46. The number of aromatic nitrogens is 1. The highest BCUT2D eigenvalue weighted by molar-refractivity contribution is 7.97. The Morgan fingerprint density at radius 2 is 1.77 bits per heavy atom. The van der Waals surface area contributed by atoms with E-state index < -0.39 is 0 Å². The van der Waals surface area contributed by atoms with Gasteiger partial charge in [0, 0.05) is 30.4 Å². The zero-order valence-corrected chi connectivity index (χ0v) is 8.46. The van der Waals surface area contributed by atoms with Crippen LogP contribution in [0.4, 0.5) is 0 Å². The number of rotatable bonds is 2. The van der Waals surface area contributed by atoms with Crippen molar-refractivity contribution in [2.24, 2.45) is 0 Å². The zero-order valence-electron chi connectivity index (χ0n) is 7.65. The maximum Gasteiger partial charge on any atom is 0.0279 e. The summed E-state index contributed by atoms with van der Waals surface area (Å²) in [5.74, 6) is 0. The summed E-state index contributed by atoms with van der Waals surface area (Å²) in [7, 11) is 0. The Bertz CT molecular complexity index is 244. The minimum absolute atomic E-state index is 1.23. The number of nitrogens with zero attached hydrogens (tertiary/aromatic N) is 2. The molecular formula is C10H14N2S. The third-order valence-corrected chi connectivity index (χ3v) is 3.31. The largest absolute Gasteiger partial charge is 0.265 e. The number of pyridine rings is 1. The van der Waals surface area contributed by atoms with Crippen LogP contribution in [0, 0.1) is 0 Å². The van der Waals surface area contributed by atoms with Gasteiger partial charge in [-0.25, -0.2) is 4.31 Å². The molecule has 0 saturated carbocycles. The summed E-state index contributed by atoms with van der Waals surface area (Å²) in [6.07, 6.45) is 7.79. The van der Waals surface area contributed by atoms with Crippen molar-refractivity contribution in [3.05, 3.63) is 24.5 Å². The summed E-state index contributed by atoms with van der Waals surface area (Å²) >= 11 is 1.86. The molecule has 2 nitrogen and oxygen atoms in total. The van der Waals surface area contributed by atoms with Crippen LogP contribution in [-0.2, 0) is 0 Å². The monoisotopic (exact) mass is 194 g/mol. The van der Waals surface area contributed by atoms with Crippen LogP contribution in [0.15, 0.2) is 29.4 Å². The molecule has 13 heavy (non-hydrogen) atoms. The standard InChI is InChI=1S/C10H14N2S/c1-2-8-12(9-3-1)13-10-4-6-11-7-5-10/h4-7H,1-3,8-9H2. The first-order valence-corrected chi connectivity index (χ1v) is 5.55. The van der Waals surface area contributed by atoms with Crippen LogP contribution in [0.1, 0.15) is 19.3 Å². The molecule has 3 heteroatoms. The quantitative estimate of drug-likeness (QED) is 0.673. The summed E-state index contributed by atoms with van der Waals surface area (Å²) in [5, 5.41) is 0. The van der Waals surface area contributed by atoms with E-state index in [0.717, 1.165) is 0 Å². The minimum atomic E-state index is 1.23. The molecule has 0 radical (unpaired) electrons. The Morgan fingerprint density at radius 3 is 2.46 bits per heavy atom. The van der Waals surface area contributed by atoms with Gasteiger partial charge in [0.1, 0.15) is 0 Å². The third-order valence-electron chi connectivity index (χ3n) is 2.20. The molecule has 1 aromatic heterocycles. The van der Waals surface area contributed by atoms with E-state index in [0.29, 0.717) is 0 Å². The molecule has 0 spiro atoms. The Hall–Kier alpha value is -0.540. The fourth-order valence-corrected chi connectivity index (χ4v) is 2.49. The van der Waals surface area contributed by atoms with Gasteiger partial charge in [-0.1, -0.05) is 6.42 Å². The lowest BCUT2D eigenvalue weighted by Crippen LogP contribution is -2.22. The van der Waals surface area contributed by atoms with E-state index in [-0.39, 0.29) is 0 Å². The van der Waals surface area contributed by atoms with Crippen LogP contribution < -0.4 is 0 Å². The van der Waals surface area contributed by atoms with Gasteiger partial charge >= 0.3 is 0 Å². The number of hydrogen-bond donors (Lipinski definition) is 0. The molecule has 0 unspecified atom stereocenters. The van der Waals surface area contributed by atoms with Crippen LogP contribution in [0.3, 0.4) is 0 Å². The topological polar surface area (TPSA) is 16.1 Å². The van der Waals surface area contributed by atoms with Crippen molar-refractivity contribution >= 4 is 11.9 Å². The van der Waals surface area contributed by atoms with E-state index >= 15 is 0 Å². The van der Waals surface area contributed by atoms with E-state index in [1.54, 1.807) is 0 Å². The predicted molar refractivity (Wildman–Crippen MR) is 55.5 cm³/mol. The van der Waals surface area contributed by atoms with Gasteiger partial charge in [0.05, 0.1) is 0 Å². The minimum Gasteiger partial charge on any atom is -0.265 e. The van der Waals surface area contributed by atoms with Crippen LogP contribution >= 0.6 is 11.9 Å². The molecule has 1 aromatic rings. The molecule has 0 bridgehead atoms. The highest BCUT2D eigenvalue weighted by atomic mass is 32.2. The van der Waals surface area contributed by atoms with E-state index in [9.17, 15) is 0 Å². The van der Waals surface area contributed by atoms with Crippen molar-refractivity contribution in [2.45, 2.75) is 24.2 Å². The van der Waals surface area contributed by atoms with E-state index in [4.69, 9.17) is 0 Å². The summed E-state index contributed by atoms with van der Waals surface area (Å²) < 4.78 is 2.44. The first-order valence-electron chi connectivity index (χ1n) is 4.78. The molecule has 1 aliphatic heterocycles. The molecule has 1 saturated heterocycles. The van der Waals surface area contributed by atoms with Crippen LogP contribution in [0.5, 0.6) is 0 Å². The van der Waals surface area contributed by atoms with Crippen molar-refractivity contribution in [1.29, 1.82) is 0 Å². The van der Waals surface area contributed by atoms with Gasteiger partial charge in [0.15, 0.2) is 0 Å². The maximum absolute atomic E-state index is 4.01. The van der Waals surface area contributed by atoms with Gasteiger partial charge in [0.25, 0.3) is 0 Å². The lowest BCUT2D eigenvalue weighted by molar-refractivity contribution is 0.380. The normalized spacial score (nSPS) is 18.8. The van der Waals surface area contributed by atoms with Gasteiger partial charge < -0.3 is 0 Å². The second-order valence-corrected chi connectivity index (χ2v) is 4.43. The fourth-order valence-electron chi connectivity index (χ4n) is 1.50. The maximum atomic E-state index is 4.01. The average molecular weight is 194 g/mol. The van der Waals surface area contributed by atoms with Gasteiger partial charge in [-0.05, 0) is 36.9 Å². The summed E-state index contributed by atoms with van der Waals surface area (Å²) in [4.78, 5) is 5.31. The molecule has 1 fully saturated rings. The van der Waals surface area contributed by atoms with Crippen molar-refractivity contribution in [1.82, 2.24) is 9.29 Å². The van der Waals surface area contributed by atoms with Gasteiger partial charge in [-0.15, -0.1) is 0 Å². The molecule has 0 aromatic carbocycles. The average Bonchev–Trinajstić information content (AvgIpc) is 2.21. The van der Waals surface area contributed by atoms with Crippen molar-refractivity contribution in [2.75, 3.05) is 13.1 Å². The SMILES string of the molecule is c1cc(SN2CCCCC2)ccn1. The number of hydrogen-bond acceptors (Lipinski definition) is 3. The third kappa shape index (κ3) is 2.71. The smallest absolute Gasteiger partial charge is 0.0279 e. The molecule has 1 aliphatic rings. The molecule has 0 aliphatic carbocycles. The van der Waals surface area contributed by atoms with E-state index in [1.165, 1.54) is 37.2 Å². The molecule has 0 amide bonds. The lowest BCUT2D eigenvalue weighted by Gasteiger charge is -2.24. The second-order valence-electron chi connectivity index (χ2n) is 3.26. The summed E-state index contributed by atoms with van der Waals surface area (Å²) in [6, 6.07) is 4.14. The van der Waals surface area contributed by atoms with E-state index in [2.05, 4.69) is 21.4 Å². The first kappa shape index (κ1) is 9.03. The fraction of sp³-hybridized carbons (Fsp3) is 0.500. The second kappa shape index (κ2) is 4.63. The Balaban J connectivity index is 1.90. The van der Waals surface area contributed by atoms with Gasteiger partial charge in [0.2, 0.25) is 0 Å². The number of piperidine rings is 1. The van der Waals surface area contributed by atoms with Crippen LogP contribution in [0.25, 0.3) is 0 Å². The lowest BCUT2D eigenvalue weighted by atomic mass is 10.2. The molecule has 0 atom stereocenters. The predicted octanol–water partition coefficient (Wildman–Crippen LogP) is 2.57. The molecule has 0 N–H and O–H groups in total. The molecule has 70 valence electrons. The first-order chi connectivity index (χ1) is 6.45. The van der Waals surface area contributed by atoms with Crippen molar-refractivity contribution in [3.63, 3.8) is 0 Å². The van der Waals surface area contributed by atoms with E-state index in [1.807, 2.05) is 24.3 Å². The highest BCUT2D eigenvalue weighted by Crippen LogP contribution is 2.24. The highest BCUT2D eigenvalue weighted by Gasteiger charge is 2.10. The van der Waals surface area contributed by atoms with Crippen molar-refractivity contribution < 1.29 is 0 Å². The molecular weight excluding hydrogens is 180 g/mol. The Labute approximate surface area is 83.5 Å². The van der Waals surface area contributed by atoms with Gasteiger partial charge in [-0.2, -0.15) is 0 Å². The van der Waals surface area contributed by atoms with Crippen LogP contribution in [0.2, 0.25) is 0 Å². The van der Waals surface area contributed by atoms with Crippen LogP contribution in [-0.4, -0.2) is 22.4 Å². The Kier molecular flexibility index (Phi) is 3.22. The van der Waals surface area contributed by atoms with Crippen molar-refractivity contribution in [3.8, 4) is 0 Å². The Morgan fingerprint density at radius 1 is 1.08 bits per heavy atom. The molecule has 2 heterocycles.